The first-order chi connectivity index (χ1) is 9.06. The van der Waals surface area contributed by atoms with Crippen LogP contribution >= 0.6 is 11.6 Å². The van der Waals surface area contributed by atoms with Crippen LogP contribution in [0.15, 0.2) is 18.2 Å². The Morgan fingerprint density at radius 1 is 1.42 bits per heavy atom. The molecule has 1 fully saturated rings. The molecule has 3 rings (SSSR count). The fourth-order valence-corrected chi connectivity index (χ4v) is 3.39. The number of hydrogen-bond acceptors (Lipinski definition) is 3. The lowest BCUT2D eigenvalue weighted by Crippen LogP contribution is -2.48. The van der Waals surface area contributed by atoms with Crippen molar-refractivity contribution in [2.75, 3.05) is 19.6 Å². The molecule has 4 heteroatoms. The number of hydrogen-bond donors (Lipinski definition) is 1. The minimum absolute atomic E-state index is 0.0395. The zero-order valence-corrected chi connectivity index (χ0v) is 12.0. The molecule has 1 spiro atoms. The number of fused-ring (bicyclic) bond motifs is 1. The second-order valence-corrected chi connectivity index (χ2v) is 6.30. The van der Waals surface area contributed by atoms with Crippen molar-refractivity contribution >= 4 is 11.6 Å². The number of rotatable bonds is 2. The smallest absolute Gasteiger partial charge is 0.123 e. The third-order valence-electron chi connectivity index (χ3n) is 4.15. The van der Waals surface area contributed by atoms with Crippen LogP contribution in [0.2, 0.25) is 5.02 Å². The molecule has 104 valence electrons. The topological polar surface area (TPSA) is 32.7 Å². The summed E-state index contributed by atoms with van der Waals surface area (Å²) in [6.45, 7) is 4.59. The van der Waals surface area contributed by atoms with Crippen molar-refractivity contribution in [3.8, 4) is 5.75 Å². The van der Waals surface area contributed by atoms with Crippen LogP contribution in [0.1, 0.15) is 25.3 Å². The molecule has 1 aromatic carbocycles. The molecule has 0 bridgehead atoms. The van der Waals surface area contributed by atoms with Gasteiger partial charge < -0.3 is 14.7 Å². The predicted octanol–water partition coefficient (Wildman–Crippen LogP) is 2.49. The maximum atomic E-state index is 9.45. The van der Waals surface area contributed by atoms with Crippen molar-refractivity contribution in [2.24, 2.45) is 0 Å². The Morgan fingerprint density at radius 2 is 2.16 bits per heavy atom. The fourth-order valence-electron chi connectivity index (χ4n) is 3.20. The van der Waals surface area contributed by atoms with E-state index in [0.29, 0.717) is 0 Å². The van der Waals surface area contributed by atoms with E-state index in [-0.39, 0.29) is 11.7 Å². The third-order valence-corrected chi connectivity index (χ3v) is 4.39. The van der Waals surface area contributed by atoms with E-state index in [9.17, 15) is 5.11 Å². The Balaban J connectivity index is 1.66. The van der Waals surface area contributed by atoms with Crippen LogP contribution in [0.25, 0.3) is 0 Å². The summed E-state index contributed by atoms with van der Waals surface area (Å²) in [5, 5.41) is 10.2. The minimum Gasteiger partial charge on any atom is -0.487 e. The van der Waals surface area contributed by atoms with Crippen LogP contribution in [0.4, 0.5) is 0 Å². The zero-order valence-electron chi connectivity index (χ0n) is 11.2. The van der Waals surface area contributed by atoms with E-state index in [1.807, 2.05) is 25.1 Å². The number of aliphatic hydroxyl groups excluding tert-OH is 1. The first kappa shape index (κ1) is 13.2. The van der Waals surface area contributed by atoms with Crippen molar-refractivity contribution in [3.05, 3.63) is 28.8 Å². The summed E-state index contributed by atoms with van der Waals surface area (Å²) in [5.41, 5.74) is 1.19. The summed E-state index contributed by atoms with van der Waals surface area (Å²) >= 11 is 6.04. The van der Waals surface area contributed by atoms with E-state index in [0.717, 1.165) is 49.7 Å². The molecule has 19 heavy (non-hydrogen) atoms. The highest BCUT2D eigenvalue weighted by Crippen LogP contribution is 2.41. The summed E-state index contributed by atoms with van der Waals surface area (Å²) in [6, 6.07) is 5.89. The van der Waals surface area contributed by atoms with Crippen LogP contribution in [0.5, 0.6) is 5.75 Å². The maximum absolute atomic E-state index is 9.45. The second kappa shape index (κ2) is 4.97. The van der Waals surface area contributed by atoms with Crippen molar-refractivity contribution in [1.29, 1.82) is 0 Å². The number of β-amino-alcohol motifs (C(OH)–C–C–N with tert-alkyl or cyclic N) is 1. The number of nitrogens with zero attached hydrogens (tertiary/aromatic N) is 1. The minimum atomic E-state index is -0.255. The number of likely N-dealkylation sites (tertiary alicyclic amines) is 1. The monoisotopic (exact) mass is 281 g/mol. The first-order valence-electron chi connectivity index (χ1n) is 6.94. The molecular formula is C15H20ClNO2. The Kier molecular flexibility index (Phi) is 3.46. The Bertz CT molecular complexity index is 467. The summed E-state index contributed by atoms with van der Waals surface area (Å²) < 4.78 is 6.20. The highest BCUT2D eigenvalue weighted by atomic mass is 35.5. The third kappa shape index (κ3) is 2.73. The molecule has 0 amide bonds. The first-order valence-corrected chi connectivity index (χ1v) is 7.32. The van der Waals surface area contributed by atoms with Crippen molar-refractivity contribution < 1.29 is 9.84 Å². The molecule has 1 atom stereocenters. The molecular weight excluding hydrogens is 262 g/mol. The molecule has 1 unspecified atom stereocenters. The van der Waals surface area contributed by atoms with Gasteiger partial charge >= 0.3 is 0 Å². The van der Waals surface area contributed by atoms with Crippen molar-refractivity contribution in [2.45, 2.75) is 37.9 Å². The molecule has 2 aliphatic rings. The van der Waals surface area contributed by atoms with Gasteiger partial charge in [-0.15, -0.1) is 0 Å². The number of benzene rings is 1. The Morgan fingerprint density at radius 3 is 2.84 bits per heavy atom. The quantitative estimate of drug-likeness (QED) is 0.904. The lowest BCUT2D eigenvalue weighted by molar-refractivity contribution is 0.00698. The fraction of sp³-hybridized carbons (Fsp3) is 0.600. The molecule has 2 heterocycles. The Labute approximate surface area is 119 Å². The molecule has 1 N–H and O–H groups in total. The van der Waals surface area contributed by atoms with E-state index >= 15 is 0 Å². The van der Waals surface area contributed by atoms with Gasteiger partial charge in [0, 0.05) is 43.9 Å². The second-order valence-electron chi connectivity index (χ2n) is 5.86. The molecule has 1 aromatic rings. The normalized spacial score (nSPS) is 23.1. The molecule has 1 saturated heterocycles. The van der Waals surface area contributed by atoms with Crippen LogP contribution < -0.4 is 4.74 Å². The number of ether oxygens (including phenoxy) is 1. The van der Waals surface area contributed by atoms with E-state index in [1.54, 1.807) is 0 Å². The van der Waals surface area contributed by atoms with Crippen molar-refractivity contribution in [1.82, 2.24) is 4.90 Å². The van der Waals surface area contributed by atoms with Gasteiger partial charge in [0.2, 0.25) is 0 Å². The number of aliphatic hydroxyl groups is 1. The predicted molar refractivity (Wildman–Crippen MR) is 75.9 cm³/mol. The van der Waals surface area contributed by atoms with Gasteiger partial charge in [0.05, 0.1) is 6.10 Å². The van der Waals surface area contributed by atoms with E-state index in [4.69, 9.17) is 16.3 Å². The van der Waals surface area contributed by atoms with E-state index in [1.165, 1.54) is 5.56 Å². The van der Waals surface area contributed by atoms with Crippen LogP contribution in [0, 0.1) is 0 Å². The van der Waals surface area contributed by atoms with E-state index in [2.05, 4.69) is 4.90 Å². The molecule has 0 aromatic heterocycles. The molecule has 3 nitrogen and oxygen atoms in total. The average Bonchev–Trinajstić information content (AvgIpc) is 2.69. The number of piperidine rings is 1. The van der Waals surface area contributed by atoms with Gasteiger partial charge in [0.15, 0.2) is 0 Å². The lowest BCUT2D eigenvalue weighted by atomic mass is 9.87. The Hall–Kier alpha value is -0.770. The van der Waals surface area contributed by atoms with Gasteiger partial charge in [-0.3, -0.25) is 0 Å². The van der Waals surface area contributed by atoms with Gasteiger partial charge in [-0.2, -0.15) is 0 Å². The van der Waals surface area contributed by atoms with Crippen LogP contribution in [0.3, 0.4) is 0 Å². The lowest BCUT2D eigenvalue weighted by Gasteiger charge is -2.39. The maximum Gasteiger partial charge on any atom is 0.123 e. The highest BCUT2D eigenvalue weighted by molar-refractivity contribution is 6.30. The zero-order chi connectivity index (χ0) is 13.5. The largest absolute Gasteiger partial charge is 0.487 e. The molecule has 0 saturated carbocycles. The van der Waals surface area contributed by atoms with Gasteiger partial charge in [-0.25, -0.2) is 0 Å². The molecule has 0 radical (unpaired) electrons. The van der Waals surface area contributed by atoms with Crippen LogP contribution in [-0.4, -0.2) is 41.3 Å². The number of halogens is 1. The molecule has 2 aliphatic heterocycles. The highest BCUT2D eigenvalue weighted by Gasteiger charge is 2.41. The summed E-state index contributed by atoms with van der Waals surface area (Å²) in [5.74, 6) is 0.994. The van der Waals surface area contributed by atoms with Gasteiger partial charge in [-0.1, -0.05) is 11.6 Å². The summed E-state index contributed by atoms with van der Waals surface area (Å²) in [4.78, 5) is 2.31. The summed E-state index contributed by atoms with van der Waals surface area (Å²) in [6.07, 6.45) is 2.75. The van der Waals surface area contributed by atoms with Gasteiger partial charge in [-0.05, 0) is 30.7 Å². The van der Waals surface area contributed by atoms with Gasteiger partial charge in [0.25, 0.3) is 0 Å². The standard InChI is InChI=1S/C15H20ClNO2/c1-11(18)10-17-6-4-15(5-7-17)9-12-8-13(16)2-3-14(12)19-15/h2-3,8,11,18H,4-7,9-10H2,1H3. The van der Waals surface area contributed by atoms with E-state index < -0.39 is 0 Å². The van der Waals surface area contributed by atoms with Crippen LogP contribution in [-0.2, 0) is 6.42 Å². The van der Waals surface area contributed by atoms with Gasteiger partial charge in [0.1, 0.15) is 11.4 Å². The molecule has 0 aliphatic carbocycles. The summed E-state index contributed by atoms with van der Waals surface area (Å²) in [7, 11) is 0. The average molecular weight is 282 g/mol. The SMILES string of the molecule is CC(O)CN1CCC2(CC1)Cc1cc(Cl)ccc1O2. The van der Waals surface area contributed by atoms with Crippen molar-refractivity contribution in [3.63, 3.8) is 0 Å².